The Labute approximate surface area is 108 Å². The van der Waals surface area contributed by atoms with Crippen LogP contribution in [0.3, 0.4) is 0 Å². The lowest BCUT2D eigenvalue weighted by Gasteiger charge is -2.30. The van der Waals surface area contributed by atoms with Crippen molar-refractivity contribution in [2.75, 3.05) is 25.1 Å². The Morgan fingerprint density at radius 2 is 2.47 bits per heavy atom. The van der Waals surface area contributed by atoms with Gasteiger partial charge in [0.25, 0.3) is 0 Å². The van der Waals surface area contributed by atoms with Crippen molar-refractivity contribution >= 4 is 29.3 Å². The van der Waals surface area contributed by atoms with Crippen molar-refractivity contribution in [1.82, 2.24) is 14.9 Å². The van der Waals surface area contributed by atoms with Crippen molar-refractivity contribution in [3.8, 4) is 0 Å². The molecule has 1 aliphatic rings. The van der Waals surface area contributed by atoms with Crippen molar-refractivity contribution in [2.45, 2.75) is 6.04 Å². The Hall–Kier alpha value is -0.850. The van der Waals surface area contributed by atoms with Crippen LogP contribution >= 0.6 is 23.4 Å². The molecule has 1 saturated heterocycles. The van der Waals surface area contributed by atoms with Crippen molar-refractivity contribution in [1.29, 1.82) is 0 Å². The topological polar surface area (TPSA) is 66.3 Å². The second kappa shape index (κ2) is 5.20. The summed E-state index contributed by atoms with van der Waals surface area (Å²) >= 11 is 7.56. The first-order chi connectivity index (χ1) is 8.09. The van der Waals surface area contributed by atoms with Gasteiger partial charge in [0.1, 0.15) is 5.82 Å². The lowest BCUT2D eigenvalue weighted by atomic mass is 10.2. The monoisotopic (exact) mass is 273 g/mol. The fourth-order valence-corrected chi connectivity index (χ4v) is 3.03. The van der Waals surface area contributed by atoms with E-state index < -0.39 is 5.97 Å². The molecule has 0 radical (unpaired) electrons. The zero-order valence-corrected chi connectivity index (χ0v) is 10.8. The summed E-state index contributed by atoms with van der Waals surface area (Å²) in [6.07, 6.45) is 1.36. The maximum atomic E-state index is 10.9. The molecule has 1 unspecified atom stereocenters. The van der Waals surface area contributed by atoms with E-state index in [1.54, 1.807) is 0 Å². The molecule has 0 amide bonds. The number of rotatable bonds is 2. The minimum absolute atomic E-state index is 0.0594. The van der Waals surface area contributed by atoms with Crippen LogP contribution in [-0.2, 0) is 0 Å². The molecule has 5 nitrogen and oxygen atoms in total. The Morgan fingerprint density at radius 1 is 1.71 bits per heavy atom. The van der Waals surface area contributed by atoms with Crippen molar-refractivity contribution in [2.24, 2.45) is 0 Å². The molecule has 1 aromatic heterocycles. The number of hydrogen-bond acceptors (Lipinski definition) is 5. The molecule has 0 saturated carbocycles. The molecule has 2 heterocycles. The highest BCUT2D eigenvalue weighted by Crippen LogP contribution is 2.26. The third kappa shape index (κ3) is 2.70. The van der Waals surface area contributed by atoms with Gasteiger partial charge in [0.05, 0.1) is 17.3 Å². The molecular weight excluding hydrogens is 262 g/mol. The van der Waals surface area contributed by atoms with Crippen LogP contribution in [-0.4, -0.2) is 51.0 Å². The standard InChI is InChI=1S/C10H12ClN3O2S/c1-14-2-3-17-5-7(14)9-12-4-6(11)8(13-9)10(15)16/h4,7H,2-3,5H2,1H3,(H,15,16). The van der Waals surface area contributed by atoms with Gasteiger partial charge in [-0.3, -0.25) is 4.90 Å². The Morgan fingerprint density at radius 3 is 3.12 bits per heavy atom. The first-order valence-corrected chi connectivity index (χ1v) is 6.66. The molecule has 1 fully saturated rings. The molecule has 1 N–H and O–H groups in total. The number of thioether (sulfide) groups is 1. The fourth-order valence-electron chi connectivity index (χ4n) is 1.65. The quantitative estimate of drug-likeness (QED) is 0.882. The molecule has 0 aliphatic carbocycles. The summed E-state index contributed by atoms with van der Waals surface area (Å²) in [7, 11) is 1.99. The van der Waals surface area contributed by atoms with Gasteiger partial charge in [-0.1, -0.05) is 11.6 Å². The molecule has 2 rings (SSSR count). The van der Waals surface area contributed by atoms with Gasteiger partial charge in [-0.05, 0) is 7.05 Å². The smallest absolute Gasteiger partial charge is 0.356 e. The minimum atomic E-state index is -1.12. The predicted molar refractivity (Wildman–Crippen MR) is 66.7 cm³/mol. The van der Waals surface area contributed by atoms with Crippen molar-refractivity contribution < 1.29 is 9.90 Å². The van der Waals surface area contributed by atoms with E-state index in [-0.39, 0.29) is 16.8 Å². The highest BCUT2D eigenvalue weighted by molar-refractivity contribution is 7.99. The Bertz CT molecular complexity index is 444. The number of halogens is 1. The predicted octanol–water partition coefficient (Wildman–Crippen LogP) is 1.55. The largest absolute Gasteiger partial charge is 0.476 e. The van der Waals surface area contributed by atoms with Crippen LogP contribution in [0, 0.1) is 0 Å². The highest BCUT2D eigenvalue weighted by Gasteiger charge is 2.25. The van der Waals surface area contributed by atoms with Gasteiger partial charge in [-0.15, -0.1) is 0 Å². The summed E-state index contributed by atoms with van der Waals surface area (Å²) in [5, 5.41) is 9.04. The van der Waals surface area contributed by atoms with Crippen LogP contribution in [0.25, 0.3) is 0 Å². The van der Waals surface area contributed by atoms with E-state index in [4.69, 9.17) is 16.7 Å². The zero-order valence-electron chi connectivity index (χ0n) is 9.26. The van der Waals surface area contributed by atoms with Crippen LogP contribution in [0.2, 0.25) is 5.02 Å². The van der Waals surface area contributed by atoms with E-state index in [0.29, 0.717) is 5.82 Å². The first-order valence-electron chi connectivity index (χ1n) is 5.13. The number of nitrogens with zero attached hydrogens (tertiary/aromatic N) is 3. The number of aromatic carboxylic acids is 1. The van der Waals surface area contributed by atoms with Crippen LogP contribution in [0.4, 0.5) is 0 Å². The molecule has 1 aromatic rings. The van der Waals surface area contributed by atoms with E-state index in [1.165, 1.54) is 6.20 Å². The third-order valence-electron chi connectivity index (χ3n) is 2.66. The summed E-state index contributed by atoms with van der Waals surface area (Å²) in [5.41, 5.74) is -0.124. The molecule has 0 aromatic carbocycles. The summed E-state index contributed by atoms with van der Waals surface area (Å²) in [5.74, 6) is 1.36. The molecule has 0 spiro atoms. The molecule has 7 heteroatoms. The first kappa shape index (κ1) is 12.6. The number of carbonyl (C=O) groups is 1. The molecule has 1 aliphatic heterocycles. The van der Waals surface area contributed by atoms with Crippen LogP contribution in [0.1, 0.15) is 22.4 Å². The third-order valence-corrected chi connectivity index (χ3v) is 3.96. The van der Waals surface area contributed by atoms with Gasteiger partial charge in [0, 0.05) is 18.1 Å². The maximum absolute atomic E-state index is 10.9. The number of carboxylic acids is 1. The molecule has 0 bridgehead atoms. The summed E-state index contributed by atoms with van der Waals surface area (Å²) in [6, 6.07) is 0.0594. The number of carboxylic acid groups (broad SMARTS) is 1. The summed E-state index contributed by atoms with van der Waals surface area (Å²) in [6.45, 7) is 0.948. The van der Waals surface area contributed by atoms with Gasteiger partial charge in [0.2, 0.25) is 0 Å². The average molecular weight is 274 g/mol. The average Bonchev–Trinajstić information content (AvgIpc) is 2.30. The summed E-state index contributed by atoms with van der Waals surface area (Å²) in [4.78, 5) is 21.3. The Kier molecular flexibility index (Phi) is 3.86. The van der Waals surface area contributed by atoms with Gasteiger partial charge in [-0.2, -0.15) is 11.8 Å². The summed E-state index contributed by atoms with van der Waals surface area (Å²) < 4.78 is 0. The lowest BCUT2D eigenvalue weighted by Crippen LogP contribution is -2.34. The van der Waals surface area contributed by atoms with Crippen molar-refractivity contribution in [3.05, 3.63) is 22.7 Å². The van der Waals surface area contributed by atoms with E-state index >= 15 is 0 Å². The second-order valence-electron chi connectivity index (χ2n) is 3.80. The Balaban J connectivity index is 2.32. The van der Waals surface area contributed by atoms with E-state index in [2.05, 4.69) is 14.9 Å². The maximum Gasteiger partial charge on any atom is 0.356 e. The van der Waals surface area contributed by atoms with Gasteiger partial charge in [0.15, 0.2) is 5.69 Å². The van der Waals surface area contributed by atoms with Crippen molar-refractivity contribution in [3.63, 3.8) is 0 Å². The molecule has 17 heavy (non-hydrogen) atoms. The zero-order chi connectivity index (χ0) is 12.4. The van der Waals surface area contributed by atoms with Crippen LogP contribution in [0.15, 0.2) is 6.20 Å². The van der Waals surface area contributed by atoms with Gasteiger partial charge < -0.3 is 5.11 Å². The van der Waals surface area contributed by atoms with Gasteiger partial charge >= 0.3 is 5.97 Å². The lowest BCUT2D eigenvalue weighted by molar-refractivity contribution is 0.0689. The molecular formula is C10H12ClN3O2S. The SMILES string of the molecule is CN1CCSCC1c1ncc(Cl)c(C(=O)O)n1. The molecule has 1 atom stereocenters. The van der Waals surface area contributed by atoms with E-state index in [1.807, 2.05) is 18.8 Å². The minimum Gasteiger partial charge on any atom is -0.476 e. The number of hydrogen-bond donors (Lipinski definition) is 1. The normalized spacial score (nSPS) is 21.4. The van der Waals surface area contributed by atoms with E-state index in [0.717, 1.165) is 18.1 Å². The van der Waals surface area contributed by atoms with Gasteiger partial charge in [-0.25, -0.2) is 14.8 Å². The molecule has 92 valence electrons. The fraction of sp³-hybridized carbons (Fsp3) is 0.500. The van der Waals surface area contributed by atoms with E-state index in [9.17, 15) is 4.79 Å². The highest BCUT2D eigenvalue weighted by atomic mass is 35.5. The van der Waals surface area contributed by atoms with Crippen LogP contribution in [0.5, 0.6) is 0 Å². The second-order valence-corrected chi connectivity index (χ2v) is 5.36. The number of aromatic nitrogens is 2. The van der Waals surface area contributed by atoms with Crippen LogP contribution < -0.4 is 0 Å².